The van der Waals surface area contributed by atoms with Gasteiger partial charge in [0.05, 0.1) is 4.90 Å². The molecule has 3 N–H and O–H groups in total. The third-order valence-electron chi connectivity index (χ3n) is 2.69. The summed E-state index contributed by atoms with van der Waals surface area (Å²) in [5.74, 6) is -0.238. The lowest BCUT2D eigenvalue weighted by atomic mass is 10.2. The van der Waals surface area contributed by atoms with Crippen molar-refractivity contribution >= 4 is 15.9 Å². The van der Waals surface area contributed by atoms with E-state index in [-0.39, 0.29) is 23.4 Å². The second-order valence-corrected chi connectivity index (χ2v) is 6.66. The van der Waals surface area contributed by atoms with Crippen LogP contribution >= 0.6 is 0 Å². The summed E-state index contributed by atoms with van der Waals surface area (Å²) in [5.41, 5.74) is 5.91. The zero-order valence-corrected chi connectivity index (χ0v) is 12.8. The van der Waals surface area contributed by atoms with Crippen molar-refractivity contribution in [2.75, 3.05) is 20.6 Å². The molecule has 1 atom stereocenters. The zero-order chi connectivity index (χ0) is 15.3. The van der Waals surface area contributed by atoms with Crippen LogP contribution in [0.1, 0.15) is 23.7 Å². The van der Waals surface area contributed by atoms with Crippen LogP contribution in [0.4, 0.5) is 0 Å². The molecule has 0 aliphatic carbocycles. The summed E-state index contributed by atoms with van der Waals surface area (Å²) in [6, 6.07) is 5.90. The summed E-state index contributed by atoms with van der Waals surface area (Å²) in [5, 5.41) is 0. The van der Waals surface area contributed by atoms with Gasteiger partial charge in [0.1, 0.15) is 0 Å². The summed E-state index contributed by atoms with van der Waals surface area (Å²) in [6.07, 6.45) is 0.551. The minimum Gasteiger partial charge on any atom is -0.345 e. The first-order valence-corrected chi connectivity index (χ1v) is 7.79. The molecule has 1 amide bonds. The van der Waals surface area contributed by atoms with Gasteiger partial charge in [0, 0.05) is 32.2 Å². The third kappa shape index (κ3) is 4.59. The molecule has 0 heterocycles. The van der Waals surface area contributed by atoms with Crippen molar-refractivity contribution < 1.29 is 13.2 Å². The molecular weight excluding hydrogens is 278 g/mol. The molecule has 112 valence electrons. The maximum atomic E-state index is 12.1. The molecule has 1 rings (SSSR count). The second kappa shape index (κ2) is 6.83. The van der Waals surface area contributed by atoms with Gasteiger partial charge in [-0.25, -0.2) is 13.1 Å². The fourth-order valence-electron chi connectivity index (χ4n) is 1.56. The quantitative estimate of drug-likeness (QED) is 0.795. The molecule has 6 nitrogen and oxygen atoms in total. The van der Waals surface area contributed by atoms with Crippen molar-refractivity contribution in [3.63, 3.8) is 0 Å². The number of hydrogen-bond acceptors (Lipinski definition) is 4. The van der Waals surface area contributed by atoms with Gasteiger partial charge >= 0.3 is 0 Å². The van der Waals surface area contributed by atoms with Gasteiger partial charge < -0.3 is 10.6 Å². The smallest absolute Gasteiger partial charge is 0.253 e. The lowest BCUT2D eigenvalue weighted by Crippen LogP contribution is -2.29. The minimum absolute atomic E-state index is 0.0700. The van der Waals surface area contributed by atoms with Gasteiger partial charge in [-0.2, -0.15) is 0 Å². The van der Waals surface area contributed by atoms with Crippen molar-refractivity contribution in [2.45, 2.75) is 24.3 Å². The van der Waals surface area contributed by atoms with E-state index < -0.39 is 10.0 Å². The number of benzene rings is 1. The molecule has 7 heteroatoms. The second-order valence-electron chi connectivity index (χ2n) is 4.89. The highest BCUT2D eigenvalue weighted by Crippen LogP contribution is 2.12. The van der Waals surface area contributed by atoms with Crippen LogP contribution in [0.5, 0.6) is 0 Å². The summed E-state index contributed by atoms with van der Waals surface area (Å²) in [4.78, 5) is 13.3. The van der Waals surface area contributed by atoms with E-state index in [4.69, 9.17) is 5.73 Å². The Hall–Kier alpha value is -1.44. The van der Waals surface area contributed by atoms with Gasteiger partial charge in [0.2, 0.25) is 10.0 Å². The van der Waals surface area contributed by atoms with E-state index >= 15 is 0 Å². The van der Waals surface area contributed by atoms with Crippen LogP contribution in [-0.4, -0.2) is 45.9 Å². The molecule has 1 aromatic carbocycles. The fraction of sp³-hybridized carbons (Fsp3) is 0.462. The molecule has 0 saturated heterocycles. The summed E-state index contributed by atoms with van der Waals surface area (Å²) in [6.45, 7) is 2.08. The van der Waals surface area contributed by atoms with E-state index in [0.29, 0.717) is 12.0 Å². The first kappa shape index (κ1) is 16.6. The highest BCUT2D eigenvalue weighted by atomic mass is 32.2. The average molecular weight is 299 g/mol. The molecule has 0 spiro atoms. The molecule has 0 saturated carbocycles. The Morgan fingerprint density at radius 3 is 2.60 bits per heavy atom. The Balaban J connectivity index is 2.90. The molecule has 0 bridgehead atoms. The zero-order valence-electron chi connectivity index (χ0n) is 12.0. The van der Waals surface area contributed by atoms with Crippen LogP contribution in [0.3, 0.4) is 0 Å². The third-order valence-corrected chi connectivity index (χ3v) is 4.15. The van der Waals surface area contributed by atoms with E-state index in [2.05, 4.69) is 4.72 Å². The number of nitrogens with zero attached hydrogens (tertiary/aromatic N) is 1. The standard InChI is InChI=1S/C13H21N3O3S/c1-10(14)7-8-15-20(18,19)12-6-4-5-11(9-12)13(17)16(2)3/h4-6,9-10,15H,7-8,14H2,1-3H3. The Labute approximate surface area is 120 Å². The largest absolute Gasteiger partial charge is 0.345 e. The lowest BCUT2D eigenvalue weighted by Gasteiger charge is -2.12. The van der Waals surface area contributed by atoms with Crippen LogP contribution in [0.15, 0.2) is 29.2 Å². The van der Waals surface area contributed by atoms with Gasteiger partial charge in [-0.15, -0.1) is 0 Å². The number of carbonyl (C=O) groups is 1. The van der Waals surface area contributed by atoms with E-state index in [0.717, 1.165) is 0 Å². The topological polar surface area (TPSA) is 92.5 Å². The molecule has 0 fully saturated rings. The van der Waals surface area contributed by atoms with Crippen LogP contribution in [0.25, 0.3) is 0 Å². The van der Waals surface area contributed by atoms with Gasteiger partial charge in [0.15, 0.2) is 0 Å². The molecule has 0 aromatic heterocycles. The molecular formula is C13H21N3O3S. The normalized spacial score (nSPS) is 13.0. The lowest BCUT2D eigenvalue weighted by molar-refractivity contribution is 0.0827. The molecule has 0 aliphatic heterocycles. The van der Waals surface area contributed by atoms with Crippen molar-refractivity contribution in [1.29, 1.82) is 0 Å². The Kier molecular flexibility index (Phi) is 5.67. The Bertz CT molecular complexity index is 568. The number of carbonyl (C=O) groups excluding carboxylic acids is 1. The molecule has 1 unspecified atom stereocenters. The average Bonchev–Trinajstić information content (AvgIpc) is 2.37. The Morgan fingerprint density at radius 1 is 1.40 bits per heavy atom. The van der Waals surface area contributed by atoms with Gasteiger partial charge in [-0.3, -0.25) is 4.79 Å². The maximum Gasteiger partial charge on any atom is 0.253 e. The van der Waals surface area contributed by atoms with Crippen LogP contribution < -0.4 is 10.5 Å². The van der Waals surface area contributed by atoms with E-state index in [1.807, 2.05) is 6.92 Å². The van der Waals surface area contributed by atoms with Crippen LogP contribution in [0, 0.1) is 0 Å². The molecule has 0 radical (unpaired) electrons. The maximum absolute atomic E-state index is 12.1. The Morgan fingerprint density at radius 2 is 2.05 bits per heavy atom. The van der Waals surface area contributed by atoms with Gasteiger partial charge in [0.25, 0.3) is 5.91 Å². The number of sulfonamides is 1. The number of nitrogens with one attached hydrogen (secondary N) is 1. The molecule has 0 aliphatic rings. The summed E-state index contributed by atoms with van der Waals surface area (Å²) < 4.78 is 26.6. The predicted octanol–water partition coefficient (Wildman–Crippen LogP) is 0.404. The molecule has 1 aromatic rings. The van der Waals surface area contributed by atoms with Gasteiger partial charge in [-0.05, 0) is 31.5 Å². The summed E-state index contributed by atoms with van der Waals surface area (Å²) in [7, 11) is -0.383. The first-order chi connectivity index (χ1) is 9.24. The number of nitrogens with two attached hydrogens (primary N) is 1. The number of amides is 1. The van der Waals surface area contributed by atoms with E-state index in [1.165, 1.54) is 17.0 Å². The van der Waals surface area contributed by atoms with Crippen molar-refractivity contribution in [1.82, 2.24) is 9.62 Å². The first-order valence-electron chi connectivity index (χ1n) is 6.31. The minimum atomic E-state index is -3.61. The fourth-order valence-corrected chi connectivity index (χ4v) is 2.65. The number of rotatable bonds is 6. The monoisotopic (exact) mass is 299 g/mol. The highest BCUT2D eigenvalue weighted by Gasteiger charge is 2.16. The molecule has 20 heavy (non-hydrogen) atoms. The van der Waals surface area contributed by atoms with Crippen molar-refractivity contribution in [2.24, 2.45) is 5.73 Å². The van der Waals surface area contributed by atoms with Gasteiger partial charge in [-0.1, -0.05) is 6.07 Å². The van der Waals surface area contributed by atoms with E-state index in [9.17, 15) is 13.2 Å². The predicted molar refractivity (Wildman–Crippen MR) is 77.9 cm³/mol. The van der Waals surface area contributed by atoms with E-state index in [1.54, 1.807) is 26.2 Å². The summed E-state index contributed by atoms with van der Waals surface area (Å²) >= 11 is 0. The highest BCUT2D eigenvalue weighted by molar-refractivity contribution is 7.89. The van der Waals surface area contributed by atoms with Crippen molar-refractivity contribution in [3.05, 3.63) is 29.8 Å². The van der Waals surface area contributed by atoms with Crippen LogP contribution in [-0.2, 0) is 10.0 Å². The van der Waals surface area contributed by atoms with Crippen molar-refractivity contribution in [3.8, 4) is 0 Å². The van der Waals surface area contributed by atoms with Crippen LogP contribution in [0.2, 0.25) is 0 Å². The SMILES string of the molecule is CC(N)CCNS(=O)(=O)c1cccc(C(=O)N(C)C)c1. The number of hydrogen-bond donors (Lipinski definition) is 2.